The summed E-state index contributed by atoms with van der Waals surface area (Å²) < 4.78 is 10.3. The topological polar surface area (TPSA) is 67.8 Å². The SMILES string of the molecule is COc1cc(NC(C)CC(=O)O)c(OC)cc1Cl. The van der Waals surface area contributed by atoms with Crippen LogP contribution in [-0.4, -0.2) is 31.3 Å². The predicted octanol–water partition coefficient (Wildman–Crippen LogP) is 2.63. The van der Waals surface area contributed by atoms with Gasteiger partial charge < -0.3 is 19.9 Å². The van der Waals surface area contributed by atoms with E-state index < -0.39 is 5.97 Å². The number of methoxy groups -OCH3 is 2. The molecule has 0 amide bonds. The fraction of sp³-hybridized carbons (Fsp3) is 0.417. The van der Waals surface area contributed by atoms with E-state index in [-0.39, 0.29) is 12.5 Å². The van der Waals surface area contributed by atoms with E-state index in [0.717, 1.165) is 0 Å². The maximum atomic E-state index is 10.6. The molecule has 1 unspecified atom stereocenters. The van der Waals surface area contributed by atoms with Gasteiger partial charge in [0.05, 0.1) is 31.4 Å². The van der Waals surface area contributed by atoms with Crippen molar-refractivity contribution in [1.82, 2.24) is 0 Å². The molecular formula is C12H16ClNO4. The fourth-order valence-electron chi connectivity index (χ4n) is 1.55. The third kappa shape index (κ3) is 3.70. The molecule has 0 radical (unpaired) electrons. The van der Waals surface area contributed by atoms with Gasteiger partial charge in [-0.3, -0.25) is 4.79 Å². The summed E-state index contributed by atoms with van der Waals surface area (Å²) in [6, 6.07) is 3.07. The van der Waals surface area contributed by atoms with Gasteiger partial charge in [-0.25, -0.2) is 0 Å². The van der Waals surface area contributed by atoms with Crippen LogP contribution in [-0.2, 0) is 4.79 Å². The number of carbonyl (C=O) groups is 1. The first kappa shape index (κ1) is 14.4. The van der Waals surface area contributed by atoms with Crippen LogP contribution in [0.3, 0.4) is 0 Å². The molecule has 1 aromatic rings. The Bertz CT molecular complexity index is 436. The van der Waals surface area contributed by atoms with Gasteiger partial charge in [0.25, 0.3) is 0 Å². The first-order valence-corrected chi connectivity index (χ1v) is 5.75. The molecule has 100 valence electrons. The lowest BCUT2D eigenvalue weighted by Crippen LogP contribution is -2.19. The number of ether oxygens (including phenoxy) is 2. The summed E-state index contributed by atoms with van der Waals surface area (Å²) in [5, 5.41) is 12.2. The van der Waals surface area contributed by atoms with Crippen molar-refractivity contribution >= 4 is 23.3 Å². The molecular weight excluding hydrogens is 258 g/mol. The number of carboxylic acid groups (broad SMARTS) is 1. The van der Waals surface area contributed by atoms with Gasteiger partial charge in [0.15, 0.2) is 0 Å². The first-order chi connectivity index (χ1) is 8.47. The summed E-state index contributed by atoms with van der Waals surface area (Å²) in [5.41, 5.74) is 0.646. The van der Waals surface area contributed by atoms with Crippen LogP contribution in [0, 0.1) is 0 Å². The van der Waals surface area contributed by atoms with Crippen LogP contribution in [0.2, 0.25) is 5.02 Å². The van der Waals surface area contributed by atoms with Crippen LogP contribution < -0.4 is 14.8 Å². The molecule has 0 heterocycles. The maximum Gasteiger partial charge on any atom is 0.305 e. The van der Waals surface area contributed by atoms with Crippen molar-refractivity contribution in [3.8, 4) is 11.5 Å². The Morgan fingerprint density at radius 2 is 2.00 bits per heavy atom. The second kappa shape index (κ2) is 6.35. The van der Waals surface area contributed by atoms with Crippen LogP contribution in [0.15, 0.2) is 12.1 Å². The molecule has 5 nitrogen and oxygen atoms in total. The van der Waals surface area contributed by atoms with Crippen LogP contribution in [0.5, 0.6) is 11.5 Å². The summed E-state index contributed by atoms with van der Waals surface area (Å²) in [4.78, 5) is 10.6. The van der Waals surface area contributed by atoms with Gasteiger partial charge in [-0.15, -0.1) is 0 Å². The summed E-state index contributed by atoms with van der Waals surface area (Å²) >= 11 is 5.97. The number of nitrogens with one attached hydrogen (secondary N) is 1. The summed E-state index contributed by atoms with van der Waals surface area (Å²) in [7, 11) is 3.03. The Labute approximate surface area is 111 Å². The normalized spacial score (nSPS) is 11.8. The van der Waals surface area contributed by atoms with E-state index >= 15 is 0 Å². The van der Waals surface area contributed by atoms with Crippen LogP contribution >= 0.6 is 11.6 Å². The Morgan fingerprint density at radius 1 is 1.39 bits per heavy atom. The third-order valence-electron chi connectivity index (χ3n) is 2.36. The highest BCUT2D eigenvalue weighted by molar-refractivity contribution is 6.32. The van der Waals surface area contributed by atoms with Crippen LogP contribution in [0.25, 0.3) is 0 Å². The Hall–Kier alpha value is -1.62. The molecule has 0 bridgehead atoms. The fourth-order valence-corrected chi connectivity index (χ4v) is 1.78. The van der Waals surface area contributed by atoms with Gasteiger partial charge in [0, 0.05) is 18.2 Å². The molecule has 0 spiro atoms. The lowest BCUT2D eigenvalue weighted by atomic mass is 10.2. The van der Waals surface area contributed by atoms with Crippen molar-refractivity contribution in [2.45, 2.75) is 19.4 Å². The van der Waals surface area contributed by atoms with Crippen molar-refractivity contribution in [3.05, 3.63) is 17.2 Å². The van der Waals surface area contributed by atoms with Gasteiger partial charge >= 0.3 is 5.97 Å². The zero-order valence-electron chi connectivity index (χ0n) is 10.5. The van der Waals surface area contributed by atoms with E-state index in [2.05, 4.69) is 5.32 Å². The second-order valence-electron chi connectivity index (χ2n) is 3.83. The van der Waals surface area contributed by atoms with E-state index in [0.29, 0.717) is 22.2 Å². The smallest absolute Gasteiger partial charge is 0.305 e. The van der Waals surface area contributed by atoms with Crippen molar-refractivity contribution in [2.75, 3.05) is 19.5 Å². The molecule has 1 aromatic carbocycles. The maximum absolute atomic E-state index is 10.6. The first-order valence-electron chi connectivity index (χ1n) is 5.37. The summed E-state index contributed by atoms with van der Waals surface area (Å²) in [6.07, 6.45) is 0.00803. The van der Waals surface area contributed by atoms with Gasteiger partial charge in [-0.2, -0.15) is 0 Å². The number of carboxylic acids is 1. The molecule has 0 aromatic heterocycles. The zero-order chi connectivity index (χ0) is 13.7. The molecule has 0 aliphatic rings. The molecule has 0 saturated carbocycles. The number of halogens is 1. The van der Waals surface area contributed by atoms with Crippen molar-refractivity contribution in [3.63, 3.8) is 0 Å². The molecule has 2 N–H and O–H groups in total. The predicted molar refractivity (Wildman–Crippen MR) is 69.9 cm³/mol. The van der Waals surface area contributed by atoms with E-state index in [1.165, 1.54) is 14.2 Å². The van der Waals surface area contributed by atoms with Crippen molar-refractivity contribution in [2.24, 2.45) is 0 Å². The zero-order valence-corrected chi connectivity index (χ0v) is 11.2. The number of anilines is 1. The van der Waals surface area contributed by atoms with E-state index in [1.54, 1.807) is 19.1 Å². The Morgan fingerprint density at radius 3 is 2.50 bits per heavy atom. The van der Waals surface area contributed by atoms with Crippen molar-refractivity contribution in [1.29, 1.82) is 0 Å². The Kier molecular flexibility index (Phi) is 5.09. The molecule has 0 fully saturated rings. The molecule has 1 atom stereocenters. The molecule has 18 heavy (non-hydrogen) atoms. The monoisotopic (exact) mass is 273 g/mol. The van der Waals surface area contributed by atoms with Gasteiger partial charge in [-0.1, -0.05) is 11.6 Å². The van der Waals surface area contributed by atoms with E-state index in [1.807, 2.05) is 0 Å². The molecule has 0 aliphatic carbocycles. The quantitative estimate of drug-likeness (QED) is 0.834. The largest absolute Gasteiger partial charge is 0.495 e. The highest BCUT2D eigenvalue weighted by Crippen LogP contribution is 2.36. The standard InChI is InChI=1S/C12H16ClNO4/c1-7(4-12(15)16)14-9-6-10(17-2)8(13)5-11(9)18-3/h5-7,14H,4H2,1-3H3,(H,15,16). The van der Waals surface area contributed by atoms with Crippen molar-refractivity contribution < 1.29 is 19.4 Å². The number of hydrogen-bond donors (Lipinski definition) is 2. The number of rotatable bonds is 6. The van der Waals surface area contributed by atoms with Gasteiger partial charge in [0.2, 0.25) is 0 Å². The summed E-state index contributed by atoms with van der Waals surface area (Å²) in [5.74, 6) is 0.176. The highest BCUT2D eigenvalue weighted by Gasteiger charge is 2.13. The minimum atomic E-state index is -0.866. The minimum absolute atomic E-state index is 0.00803. The second-order valence-corrected chi connectivity index (χ2v) is 4.24. The number of benzene rings is 1. The van der Waals surface area contributed by atoms with E-state index in [9.17, 15) is 4.79 Å². The third-order valence-corrected chi connectivity index (χ3v) is 2.65. The Balaban J connectivity index is 2.95. The van der Waals surface area contributed by atoms with Gasteiger partial charge in [0.1, 0.15) is 11.5 Å². The molecule has 0 aliphatic heterocycles. The lowest BCUT2D eigenvalue weighted by Gasteiger charge is -2.17. The lowest BCUT2D eigenvalue weighted by molar-refractivity contribution is -0.137. The molecule has 1 rings (SSSR count). The minimum Gasteiger partial charge on any atom is -0.495 e. The number of hydrogen-bond acceptors (Lipinski definition) is 4. The molecule has 6 heteroatoms. The number of aliphatic carboxylic acids is 1. The average Bonchev–Trinajstić information content (AvgIpc) is 2.29. The van der Waals surface area contributed by atoms with Gasteiger partial charge in [-0.05, 0) is 6.92 Å². The molecule has 0 saturated heterocycles. The highest BCUT2D eigenvalue weighted by atomic mass is 35.5. The van der Waals surface area contributed by atoms with Crippen LogP contribution in [0.1, 0.15) is 13.3 Å². The van der Waals surface area contributed by atoms with E-state index in [4.69, 9.17) is 26.2 Å². The summed E-state index contributed by atoms with van der Waals surface area (Å²) in [6.45, 7) is 1.77. The average molecular weight is 274 g/mol. The van der Waals surface area contributed by atoms with Crippen LogP contribution in [0.4, 0.5) is 5.69 Å².